The van der Waals surface area contributed by atoms with E-state index < -0.39 is 0 Å². The Bertz CT molecular complexity index is 3710. The van der Waals surface area contributed by atoms with Gasteiger partial charge in [-0.15, -0.1) is 11.3 Å². The number of nitrogens with two attached hydrogens (primary N) is 1. The minimum Gasteiger partial charge on any atom is -0.454 e. The molecule has 0 spiro atoms. The first kappa shape index (κ1) is 36.1. The molecule has 0 bridgehead atoms. The molecular weight excluding hydrogens is 775 g/mol. The first-order chi connectivity index (χ1) is 30.6. The summed E-state index contributed by atoms with van der Waals surface area (Å²) in [7, 11) is 0. The van der Waals surface area contributed by atoms with Crippen molar-refractivity contribution in [1.29, 1.82) is 0 Å². The topological polar surface area (TPSA) is 56.4 Å². The quantitative estimate of drug-likeness (QED) is 0.129. The van der Waals surface area contributed by atoms with Crippen LogP contribution in [0.4, 0.5) is 5.69 Å². The third-order valence-electron chi connectivity index (χ3n) is 12.5. The fraction of sp³-hybridized carbons (Fsp3) is 0.0351. The van der Waals surface area contributed by atoms with Crippen molar-refractivity contribution in [3.63, 3.8) is 0 Å². The van der Waals surface area contributed by atoms with Crippen molar-refractivity contribution in [2.75, 3.05) is 0 Å². The number of hydrogen-bond acceptors (Lipinski definition) is 3. The number of furan rings is 1. The molecule has 4 nitrogen and oxygen atoms in total. The van der Waals surface area contributed by atoms with Crippen molar-refractivity contribution < 1.29 is 4.42 Å². The highest BCUT2D eigenvalue weighted by atomic mass is 32.1. The van der Waals surface area contributed by atoms with Crippen molar-refractivity contribution in [2.24, 2.45) is 10.7 Å². The number of benzene rings is 9. The lowest BCUT2D eigenvalue weighted by Gasteiger charge is -2.13. The standard InChI is InChI=1S/C57H39N3OS/c1-35(36-30-32-38(33-31-36)37-16-4-2-5-17-37)56-54(43-23-11-13-29-50(43)62-56)59-57(58)45-25-15-28-49-52(45)44-24-14-27-47(55(44)61-49)60-46-26-12-10-22-42(46)53-48(60)34-40-20-8-9-21-41(40)51(53)39-18-6-3-7-19-39/h2-35H,1H3,(H2,58,59). The molecule has 12 aromatic rings. The Kier molecular flexibility index (Phi) is 8.44. The van der Waals surface area contributed by atoms with Gasteiger partial charge in [0.2, 0.25) is 0 Å². The molecule has 1 unspecified atom stereocenters. The fourth-order valence-corrected chi connectivity index (χ4v) is 10.8. The Labute approximate surface area is 362 Å². The molecule has 0 saturated carbocycles. The highest BCUT2D eigenvalue weighted by Crippen LogP contribution is 2.47. The predicted octanol–water partition coefficient (Wildman–Crippen LogP) is 15.6. The number of fused-ring (bicyclic) bond motifs is 8. The molecule has 1 atom stereocenters. The van der Waals surface area contributed by atoms with Crippen LogP contribution in [-0.4, -0.2) is 10.4 Å². The van der Waals surface area contributed by atoms with Crippen LogP contribution in [0.5, 0.6) is 0 Å². The van der Waals surface area contributed by atoms with Crippen LogP contribution in [0.1, 0.15) is 28.8 Å². The summed E-state index contributed by atoms with van der Waals surface area (Å²) in [4.78, 5) is 6.53. The van der Waals surface area contributed by atoms with Crippen LogP contribution in [-0.2, 0) is 0 Å². The van der Waals surface area contributed by atoms with E-state index in [0.717, 1.165) is 55.3 Å². The minimum atomic E-state index is 0.0997. The predicted molar refractivity (Wildman–Crippen MR) is 263 cm³/mol. The van der Waals surface area contributed by atoms with E-state index in [-0.39, 0.29) is 5.92 Å². The van der Waals surface area contributed by atoms with Gasteiger partial charge in [-0.2, -0.15) is 0 Å². The minimum absolute atomic E-state index is 0.0997. The first-order valence-electron chi connectivity index (χ1n) is 21.1. The first-order valence-corrected chi connectivity index (χ1v) is 21.9. The van der Waals surface area contributed by atoms with Gasteiger partial charge in [0, 0.05) is 48.0 Å². The number of aliphatic imine (C=N–C) groups is 1. The third-order valence-corrected chi connectivity index (χ3v) is 13.8. The fourth-order valence-electron chi connectivity index (χ4n) is 9.56. The summed E-state index contributed by atoms with van der Waals surface area (Å²) in [6, 6.07) is 71.0. The van der Waals surface area contributed by atoms with E-state index in [1.54, 1.807) is 11.3 Å². The SMILES string of the molecule is CC(c1ccc(-c2ccccc2)cc1)c1sc2ccccc2c1/N=C(\N)c1cccc2oc3c(-n4c5ccccc5c5c(-c6ccccc6)c6ccccc6cc54)cccc3c12. The summed E-state index contributed by atoms with van der Waals surface area (Å²) in [5.74, 6) is 0.554. The summed E-state index contributed by atoms with van der Waals surface area (Å²) in [6.07, 6.45) is 0. The van der Waals surface area contributed by atoms with Crippen LogP contribution >= 0.6 is 11.3 Å². The molecule has 294 valence electrons. The van der Waals surface area contributed by atoms with Gasteiger partial charge in [-0.05, 0) is 68.9 Å². The Hall–Kier alpha value is -7.73. The number of aromatic nitrogens is 1. The number of para-hydroxylation sites is 2. The molecule has 2 N–H and O–H groups in total. The van der Waals surface area contributed by atoms with E-state index in [9.17, 15) is 0 Å². The second kappa shape index (κ2) is 14.5. The summed E-state index contributed by atoms with van der Waals surface area (Å²) >= 11 is 1.79. The van der Waals surface area contributed by atoms with Crippen LogP contribution in [0.3, 0.4) is 0 Å². The van der Waals surface area contributed by atoms with E-state index in [0.29, 0.717) is 5.84 Å². The number of rotatable bonds is 7. The molecule has 5 heteroatoms. The lowest BCUT2D eigenvalue weighted by atomic mass is 9.93. The molecule has 0 amide bonds. The molecule has 0 saturated heterocycles. The smallest absolute Gasteiger partial charge is 0.159 e. The van der Waals surface area contributed by atoms with Crippen LogP contribution in [0.2, 0.25) is 0 Å². The van der Waals surface area contributed by atoms with E-state index in [4.69, 9.17) is 15.1 Å². The van der Waals surface area contributed by atoms with Crippen LogP contribution in [0, 0.1) is 0 Å². The molecule has 0 aliphatic heterocycles. The Morgan fingerprint density at radius 1 is 0.565 bits per heavy atom. The zero-order valence-electron chi connectivity index (χ0n) is 33.9. The maximum absolute atomic E-state index is 7.20. The number of thiophene rings is 1. The summed E-state index contributed by atoms with van der Waals surface area (Å²) in [6.45, 7) is 2.27. The van der Waals surface area contributed by atoms with Gasteiger partial charge < -0.3 is 14.7 Å². The Morgan fingerprint density at radius 2 is 1.21 bits per heavy atom. The molecule has 9 aromatic carbocycles. The monoisotopic (exact) mass is 813 g/mol. The molecule has 0 fully saturated rings. The average molecular weight is 814 g/mol. The summed E-state index contributed by atoms with van der Waals surface area (Å²) < 4.78 is 10.5. The molecule has 12 rings (SSSR count). The highest BCUT2D eigenvalue weighted by molar-refractivity contribution is 7.19. The zero-order valence-corrected chi connectivity index (χ0v) is 34.7. The molecular formula is C57H39N3OS. The van der Waals surface area contributed by atoms with Gasteiger partial charge >= 0.3 is 0 Å². The van der Waals surface area contributed by atoms with Gasteiger partial charge in [0.15, 0.2) is 5.58 Å². The molecule has 3 aromatic heterocycles. The lowest BCUT2D eigenvalue weighted by Crippen LogP contribution is -2.13. The van der Waals surface area contributed by atoms with Gasteiger partial charge in [0.05, 0.1) is 22.4 Å². The molecule has 0 radical (unpaired) electrons. The van der Waals surface area contributed by atoms with Crippen LogP contribution in [0.15, 0.2) is 210 Å². The largest absolute Gasteiger partial charge is 0.454 e. The van der Waals surface area contributed by atoms with Crippen molar-refractivity contribution in [2.45, 2.75) is 12.8 Å². The molecule has 62 heavy (non-hydrogen) atoms. The van der Waals surface area contributed by atoms with Gasteiger partial charge in [0.25, 0.3) is 0 Å². The van der Waals surface area contributed by atoms with E-state index >= 15 is 0 Å². The van der Waals surface area contributed by atoms with E-state index in [1.165, 1.54) is 58.9 Å². The zero-order chi connectivity index (χ0) is 41.3. The van der Waals surface area contributed by atoms with Crippen LogP contribution < -0.4 is 5.73 Å². The Morgan fingerprint density at radius 3 is 2.02 bits per heavy atom. The van der Waals surface area contributed by atoms with Crippen molar-refractivity contribution in [1.82, 2.24) is 4.57 Å². The second-order valence-electron chi connectivity index (χ2n) is 16.0. The molecule has 3 heterocycles. The maximum Gasteiger partial charge on any atom is 0.159 e. The Balaban J connectivity index is 1.03. The summed E-state index contributed by atoms with van der Waals surface area (Å²) in [5, 5.41) is 7.87. The number of hydrogen-bond donors (Lipinski definition) is 1. The second-order valence-corrected chi connectivity index (χ2v) is 17.1. The third kappa shape index (κ3) is 5.70. The van der Waals surface area contributed by atoms with Crippen molar-refractivity contribution in [3.8, 4) is 27.9 Å². The van der Waals surface area contributed by atoms with Gasteiger partial charge in [0.1, 0.15) is 11.4 Å². The highest BCUT2D eigenvalue weighted by Gasteiger charge is 2.24. The lowest BCUT2D eigenvalue weighted by molar-refractivity contribution is 0.666. The average Bonchev–Trinajstić information content (AvgIpc) is 4.01. The van der Waals surface area contributed by atoms with Gasteiger partial charge in [-0.3, -0.25) is 0 Å². The summed E-state index contributed by atoms with van der Waals surface area (Å²) in [5.41, 5.74) is 19.8. The molecule has 0 aliphatic rings. The van der Waals surface area contributed by atoms with Crippen molar-refractivity contribution >= 4 is 87.5 Å². The van der Waals surface area contributed by atoms with Gasteiger partial charge in [-0.1, -0.05) is 177 Å². The van der Waals surface area contributed by atoms with Crippen LogP contribution in [0.25, 0.3) is 92.5 Å². The van der Waals surface area contributed by atoms with E-state index in [1.807, 2.05) is 12.1 Å². The maximum atomic E-state index is 7.20. The normalized spacial score (nSPS) is 12.7. The van der Waals surface area contributed by atoms with Gasteiger partial charge in [-0.25, -0.2) is 4.99 Å². The number of amidine groups is 1. The molecule has 0 aliphatic carbocycles. The van der Waals surface area contributed by atoms with E-state index in [2.05, 4.69) is 200 Å². The number of nitrogens with zero attached hydrogens (tertiary/aromatic N) is 2. The van der Waals surface area contributed by atoms with Crippen molar-refractivity contribution in [3.05, 3.63) is 216 Å².